The molecule has 0 amide bonds. The van der Waals surface area contributed by atoms with Crippen LogP contribution in [0.25, 0.3) is 0 Å². The van der Waals surface area contributed by atoms with Crippen molar-refractivity contribution in [3.8, 4) is 5.75 Å². The first-order valence-corrected chi connectivity index (χ1v) is 11.7. The Morgan fingerprint density at radius 3 is 2.68 bits per heavy atom. The molecule has 150 valence electrons. The average Bonchev–Trinajstić information content (AvgIpc) is 3.29. The molecule has 0 radical (unpaired) electrons. The third-order valence-electron chi connectivity index (χ3n) is 4.44. The van der Waals surface area contributed by atoms with Crippen molar-refractivity contribution in [3.63, 3.8) is 0 Å². The molecule has 0 saturated carbocycles. The largest absolute Gasteiger partial charge is 0.497 e. The Kier molecular flexibility index (Phi) is 7.73. The fourth-order valence-corrected chi connectivity index (χ4v) is 5.16. The molecular weight excluding hydrogens is 390 g/mol. The number of anilines is 1. The molecule has 1 N–H and O–H groups in total. The van der Waals surface area contributed by atoms with E-state index in [9.17, 15) is 0 Å². The maximum atomic E-state index is 5.18. The lowest BCUT2D eigenvalue weighted by Crippen LogP contribution is -2.32. The zero-order chi connectivity index (χ0) is 19.8. The molecular formula is C20H29N5OS2+2. The number of ether oxygens (including phenoxy) is 1. The fraction of sp³-hybridized carbons (Fsp3) is 0.400. The summed E-state index contributed by atoms with van der Waals surface area (Å²) in [4.78, 5) is 0. The first kappa shape index (κ1) is 20.7. The molecule has 0 aliphatic rings. The SMILES string of the molecule is COc1ccc(NCCC[n+]2ccn(CCSSc3n(C)cc[n+]3C)c2)cc1. The van der Waals surface area contributed by atoms with Gasteiger partial charge in [0.05, 0.1) is 34.3 Å². The minimum absolute atomic E-state index is 0.886. The van der Waals surface area contributed by atoms with Crippen molar-refractivity contribution in [1.82, 2.24) is 9.13 Å². The van der Waals surface area contributed by atoms with Crippen LogP contribution in [-0.4, -0.2) is 28.5 Å². The number of nitrogens with zero attached hydrogens (tertiary/aromatic N) is 4. The first-order valence-electron chi connectivity index (χ1n) is 9.39. The summed E-state index contributed by atoms with van der Waals surface area (Å²) in [6.07, 6.45) is 11.8. The van der Waals surface area contributed by atoms with Crippen molar-refractivity contribution in [1.29, 1.82) is 0 Å². The number of benzene rings is 1. The van der Waals surface area contributed by atoms with Crippen molar-refractivity contribution in [3.05, 3.63) is 55.4 Å². The van der Waals surface area contributed by atoms with Gasteiger partial charge in [0.15, 0.2) is 0 Å². The molecule has 3 rings (SSSR count). The number of rotatable bonds is 11. The van der Waals surface area contributed by atoms with E-state index in [0.29, 0.717) is 0 Å². The van der Waals surface area contributed by atoms with E-state index in [0.717, 1.165) is 43.2 Å². The Morgan fingerprint density at radius 1 is 1.14 bits per heavy atom. The minimum Gasteiger partial charge on any atom is -0.497 e. The lowest BCUT2D eigenvalue weighted by Gasteiger charge is -2.06. The second kappa shape index (κ2) is 10.5. The molecule has 2 aromatic heterocycles. The Labute approximate surface area is 174 Å². The van der Waals surface area contributed by atoms with Gasteiger partial charge in [-0.3, -0.25) is 0 Å². The molecule has 0 aliphatic carbocycles. The van der Waals surface area contributed by atoms with Crippen LogP contribution in [0.4, 0.5) is 5.69 Å². The van der Waals surface area contributed by atoms with E-state index in [1.54, 1.807) is 7.11 Å². The van der Waals surface area contributed by atoms with Crippen molar-refractivity contribution in [2.45, 2.75) is 24.7 Å². The van der Waals surface area contributed by atoms with E-state index in [1.807, 2.05) is 45.9 Å². The second-order valence-corrected chi connectivity index (χ2v) is 8.99. The molecule has 28 heavy (non-hydrogen) atoms. The Balaban J connectivity index is 1.32. The van der Waals surface area contributed by atoms with Gasteiger partial charge < -0.3 is 10.1 Å². The number of methoxy groups -OCH3 is 1. The van der Waals surface area contributed by atoms with Crippen LogP contribution in [0.15, 0.2) is 60.5 Å². The van der Waals surface area contributed by atoms with Crippen LogP contribution in [0.3, 0.4) is 0 Å². The fourth-order valence-electron chi connectivity index (χ4n) is 2.84. The number of hydrogen-bond donors (Lipinski definition) is 1. The van der Waals surface area contributed by atoms with Crippen LogP contribution >= 0.6 is 21.6 Å². The molecule has 2 heterocycles. The Morgan fingerprint density at radius 2 is 1.96 bits per heavy atom. The van der Waals surface area contributed by atoms with Crippen molar-refractivity contribution in [2.24, 2.45) is 14.1 Å². The predicted molar refractivity (Wildman–Crippen MR) is 116 cm³/mol. The van der Waals surface area contributed by atoms with E-state index in [1.165, 1.54) is 5.16 Å². The highest BCUT2D eigenvalue weighted by Gasteiger charge is 2.12. The highest BCUT2D eigenvalue weighted by atomic mass is 33.1. The number of aromatic nitrogens is 4. The van der Waals surface area contributed by atoms with Gasteiger partial charge in [-0.15, -0.1) is 0 Å². The van der Waals surface area contributed by atoms with Crippen molar-refractivity contribution < 1.29 is 13.9 Å². The molecule has 0 atom stereocenters. The average molecular weight is 420 g/mol. The van der Waals surface area contributed by atoms with Crippen LogP contribution < -0.4 is 19.2 Å². The Hall–Kier alpha value is -2.06. The first-order chi connectivity index (χ1) is 13.7. The van der Waals surface area contributed by atoms with E-state index in [4.69, 9.17) is 4.74 Å². The second-order valence-electron chi connectivity index (χ2n) is 6.61. The van der Waals surface area contributed by atoms with Crippen LogP contribution in [-0.2, 0) is 27.2 Å². The van der Waals surface area contributed by atoms with Crippen LogP contribution in [0.5, 0.6) is 5.75 Å². The molecule has 0 aliphatic heterocycles. The minimum atomic E-state index is 0.886. The quantitative estimate of drug-likeness (QED) is 0.295. The van der Waals surface area contributed by atoms with E-state index in [2.05, 4.69) is 68.8 Å². The monoisotopic (exact) mass is 419 g/mol. The zero-order valence-electron chi connectivity index (χ0n) is 16.7. The zero-order valence-corrected chi connectivity index (χ0v) is 18.4. The molecule has 0 bridgehead atoms. The number of aryl methyl sites for hydroxylation is 4. The molecule has 0 fully saturated rings. The van der Waals surface area contributed by atoms with Crippen LogP contribution in [0.2, 0.25) is 0 Å². The summed E-state index contributed by atoms with van der Waals surface area (Å²) >= 11 is 0. The highest BCUT2D eigenvalue weighted by molar-refractivity contribution is 8.76. The molecule has 0 saturated heterocycles. The van der Waals surface area contributed by atoms with Gasteiger partial charge in [-0.05, 0) is 24.3 Å². The summed E-state index contributed by atoms with van der Waals surface area (Å²) in [5.41, 5.74) is 1.13. The number of hydrogen-bond acceptors (Lipinski definition) is 4. The van der Waals surface area contributed by atoms with Crippen molar-refractivity contribution in [2.75, 3.05) is 24.7 Å². The van der Waals surface area contributed by atoms with E-state index < -0.39 is 0 Å². The molecule has 6 nitrogen and oxygen atoms in total. The maximum absolute atomic E-state index is 5.18. The smallest absolute Gasteiger partial charge is 0.328 e. The summed E-state index contributed by atoms with van der Waals surface area (Å²) < 4.78 is 14.0. The van der Waals surface area contributed by atoms with Gasteiger partial charge in [0, 0.05) is 35.2 Å². The van der Waals surface area contributed by atoms with Gasteiger partial charge in [0.25, 0.3) is 0 Å². The van der Waals surface area contributed by atoms with Gasteiger partial charge >= 0.3 is 5.16 Å². The molecule has 0 unspecified atom stereocenters. The molecule has 1 aromatic carbocycles. The van der Waals surface area contributed by atoms with Gasteiger partial charge in [-0.25, -0.2) is 18.3 Å². The summed E-state index contributed by atoms with van der Waals surface area (Å²) in [5, 5.41) is 4.71. The highest BCUT2D eigenvalue weighted by Crippen LogP contribution is 2.28. The van der Waals surface area contributed by atoms with Gasteiger partial charge in [0.2, 0.25) is 6.33 Å². The third-order valence-corrected chi connectivity index (χ3v) is 6.93. The van der Waals surface area contributed by atoms with Gasteiger partial charge in [-0.2, -0.15) is 0 Å². The summed E-state index contributed by atoms with van der Waals surface area (Å²) in [5.74, 6) is 1.96. The molecule has 0 spiro atoms. The topological polar surface area (TPSA) is 38.9 Å². The lowest BCUT2D eigenvalue weighted by molar-refractivity contribution is -0.709. The van der Waals surface area contributed by atoms with Gasteiger partial charge in [-0.1, -0.05) is 10.8 Å². The van der Waals surface area contributed by atoms with Crippen LogP contribution in [0.1, 0.15) is 6.42 Å². The normalized spacial score (nSPS) is 11.0. The lowest BCUT2D eigenvalue weighted by atomic mass is 10.3. The van der Waals surface area contributed by atoms with Gasteiger partial charge in [0.1, 0.15) is 30.5 Å². The Bertz CT molecular complexity index is 840. The molecule has 8 heteroatoms. The maximum Gasteiger partial charge on any atom is 0.328 e. The van der Waals surface area contributed by atoms with E-state index in [-0.39, 0.29) is 0 Å². The van der Waals surface area contributed by atoms with E-state index >= 15 is 0 Å². The molecule has 3 aromatic rings. The predicted octanol–water partition coefficient (Wildman–Crippen LogP) is 2.89. The third kappa shape index (κ3) is 5.97. The summed E-state index contributed by atoms with van der Waals surface area (Å²) in [7, 11) is 9.58. The number of nitrogens with one attached hydrogen (secondary N) is 1. The summed E-state index contributed by atoms with van der Waals surface area (Å²) in [6.45, 7) is 2.98. The van der Waals surface area contributed by atoms with Crippen LogP contribution in [0, 0.1) is 0 Å². The van der Waals surface area contributed by atoms with Crippen molar-refractivity contribution >= 4 is 27.3 Å². The number of imidazole rings is 2. The summed E-state index contributed by atoms with van der Waals surface area (Å²) in [6, 6.07) is 8.05. The standard InChI is InChI=1S/C20H29N5OS2/c1-22-11-12-23(2)20(22)28-27-16-15-25-14-13-24(17-25)10-4-9-21-18-5-7-19(26-3)8-6-18/h5-8,11-14,17,21H,4,9-10,15-16H2,1-3H3/q+2.